The van der Waals surface area contributed by atoms with Crippen LogP contribution in [0.25, 0.3) is 0 Å². The maximum Gasteiger partial charge on any atom is 0.217 e. The van der Waals surface area contributed by atoms with Crippen molar-refractivity contribution in [2.75, 3.05) is 0 Å². The fourth-order valence-electron chi connectivity index (χ4n) is 0.372. The third-order valence-electron chi connectivity index (χ3n) is 0.736. The molecule has 1 aliphatic rings. The van der Waals surface area contributed by atoms with E-state index in [0.29, 0.717) is 0 Å². The molecule has 1 rings (SSSR count). The molecule has 0 saturated carbocycles. The smallest absolute Gasteiger partial charge is 0.217 e. The van der Waals surface area contributed by atoms with Crippen molar-refractivity contribution in [2.45, 2.75) is 6.29 Å². The Bertz CT molecular complexity index is 165. The van der Waals surface area contributed by atoms with E-state index in [1.54, 1.807) is 0 Å². The minimum absolute atomic E-state index is 0.138. The monoisotopic (exact) mass is 166 g/mol. The average molecular weight is 167 g/mol. The van der Waals surface area contributed by atoms with Gasteiger partial charge in [0.25, 0.3) is 0 Å². The van der Waals surface area contributed by atoms with Crippen LogP contribution in [0.15, 0.2) is 9.98 Å². The Labute approximate surface area is 62.1 Å². The minimum atomic E-state index is -0.604. The van der Waals surface area contributed by atoms with E-state index in [0.717, 1.165) is 4.42 Å². The standard InChI is InChI=1S/C3H4Cl2N4/c4-2-8-3(6)7-1-9(2)5/h1,3H,6H2. The lowest BCUT2D eigenvalue weighted by Gasteiger charge is -2.12. The van der Waals surface area contributed by atoms with Gasteiger partial charge in [0.1, 0.15) is 6.34 Å². The van der Waals surface area contributed by atoms with Crippen molar-refractivity contribution in [2.24, 2.45) is 15.7 Å². The van der Waals surface area contributed by atoms with Gasteiger partial charge in [-0.15, -0.1) is 0 Å². The molecule has 2 N–H and O–H groups in total. The summed E-state index contributed by atoms with van der Waals surface area (Å²) in [6.45, 7) is 0. The van der Waals surface area contributed by atoms with E-state index in [1.165, 1.54) is 6.34 Å². The summed E-state index contributed by atoms with van der Waals surface area (Å²) in [5.74, 6) is 0. The Balaban J connectivity index is 2.70. The molecule has 0 radical (unpaired) electrons. The van der Waals surface area contributed by atoms with Crippen LogP contribution in [-0.2, 0) is 0 Å². The van der Waals surface area contributed by atoms with Gasteiger partial charge in [0.05, 0.1) is 0 Å². The largest absolute Gasteiger partial charge is 0.291 e. The molecule has 1 unspecified atom stereocenters. The molecular weight excluding hydrogens is 163 g/mol. The van der Waals surface area contributed by atoms with Crippen molar-refractivity contribution < 1.29 is 0 Å². The van der Waals surface area contributed by atoms with Crippen LogP contribution in [0.5, 0.6) is 0 Å². The van der Waals surface area contributed by atoms with E-state index < -0.39 is 6.29 Å². The Morgan fingerprint density at radius 2 is 2.44 bits per heavy atom. The molecular formula is C3H4Cl2N4. The van der Waals surface area contributed by atoms with Crippen molar-refractivity contribution in [1.82, 2.24) is 4.42 Å². The van der Waals surface area contributed by atoms with Gasteiger partial charge in [-0.25, -0.2) is 14.4 Å². The Kier molecular flexibility index (Phi) is 1.90. The molecule has 1 heterocycles. The lowest BCUT2D eigenvalue weighted by Crippen LogP contribution is -2.27. The number of hydrogen-bond donors (Lipinski definition) is 1. The molecule has 0 aromatic carbocycles. The van der Waals surface area contributed by atoms with Gasteiger partial charge in [0, 0.05) is 11.8 Å². The molecule has 0 saturated heterocycles. The van der Waals surface area contributed by atoms with Crippen LogP contribution < -0.4 is 5.73 Å². The highest BCUT2D eigenvalue weighted by Gasteiger charge is 2.09. The third-order valence-corrected chi connectivity index (χ3v) is 1.35. The van der Waals surface area contributed by atoms with Gasteiger partial charge < -0.3 is 0 Å². The molecule has 0 bridgehead atoms. The summed E-state index contributed by atoms with van der Waals surface area (Å²) in [5, 5.41) is 0.138. The van der Waals surface area contributed by atoms with Crippen LogP contribution in [-0.4, -0.2) is 22.3 Å². The second-order valence-corrected chi connectivity index (χ2v) is 2.09. The van der Waals surface area contributed by atoms with Crippen molar-refractivity contribution in [3.63, 3.8) is 0 Å². The molecule has 0 aliphatic carbocycles. The fraction of sp³-hybridized carbons (Fsp3) is 0.333. The van der Waals surface area contributed by atoms with E-state index in [9.17, 15) is 0 Å². The Hall–Kier alpha value is -0.320. The van der Waals surface area contributed by atoms with Gasteiger partial charge in [0.15, 0.2) is 6.29 Å². The van der Waals surface area contributed by atoms with Gasteiger partial charge in [0.2, 0.25) is 5.29 Å². The van der Waals surface area contributed by atoms with Crippen LogP contribution in [0.4, 0.5) is 0 Å². The normalized spacial score (nSPS) is 26.3. The number of rotatable bonds is 0. The SMILES string of the molecule is NC1N=CN(Cl)C(Cl)=N1. The third kappa shape index (κ3) is 1.54. The van der Waals surface area contributed by atoms with Gasteiger partial charge in [-0.1, -0.05) is 0 Å². The van der Waals surface area contributed by atoms with Gasteiger partial charge in [-0.05, 0) is 11.6 Å². The van der Waals surface area contributed by atoms with Crippen LogP contribution in [0.2, 0.25) is 0 Å². The van der Waals surface area contributed by atoms with Gasteiger partial charge >= 0.3 is 0 Å². The lowest BCUT2D eigenvalue weighted by molar-refractivity contribution is 0.719. The van der Waals surface area contributed by atoms with Crippen molar-refractivity contribution in [3.05, 3.63) is 0 Å². The van der Waals surface area contributed by atoms with Crippen LogP contribution >= 0.6 is 23.4 Å². The van der Waals surface area contributed by atoms with Gasteiger partial charge in [-0.2, -0.15) is 0 Å². The number of hydrogen-bond acceptors (Lipinski definition) is 4. The summed E-state index contributed by atoms with van der Waals surface area (Å²) in [7, 11) is 0. The van der Waals surface area contributed by atoms with Crippen molar-refractivity contribution in [3.8, 4) is 0 Å². The molecule has 0 aromatic rings. The molecule has 1 atom stereocenters. The van der Waals surface area contributed by atoms with E-state index in [4.69, 9.17) is 29.1 Å². The maximum atomic E-state index is 5.43. The average Bonchev–Trinajstić information content (AvgIpc) is 1.80. The molecule has 6 heteroatoms. The van der Waals surface area contributed by atoms with Crippen LogP contribution in [0.3, 0.4) is 0 Å². The number of amidine groups is 1. The minimum Gasteiger partial charge on any atom is -0.291 e. The van der Waals surface area contributed by atoms with E-state index >= 15 is 0 Å². The summed E-state index contributed by atoms with van der Waals surface area (Å²) < 4.78 is 1.06. The lowest BCUT2D eigenvalue weighted by atomic mass is 10.8. The maximum absolute atomic E-state index is 5.43. The first-order valence-corrected chi connectivity index (χ1v) is 2.89. The topological polar surface area (TPSA) is 54.0 Å². The molecule has 0 aromatic heterocycles. The first-order chi connectivity index (χ1) is 4.20. The summed E-state index contributed by atoms with van der Waals surface area (Å²) in [4.78, 5) is 7.26. The predicted octanol–water partition coefficient (Wildman–Crippen LogP) is 0.321. The molecule has 1 aliphatic heterocycles. The molecule has 0 fully saturated rings. The zero-order valence-electron chi connectivity index (χ0n) is 4.33. The van der Waals surface area contributed by atoms with E-state index in [-0.39, 0.29) is 5.29 Å². The van der Waals surface area contributed by atoms with Crippen molar-refractivity contribution >= 4 is 35.0 Å². The zero-order chi connectivity index (χ0) is 6.85. The summed E-state index contributed by atoms with van der Waals surface area (Å²) in [6.07, 6.45) is 0.703. The highest BCUT2D eigenvalue weighted by Crippen LogP contribution is 2.04. The predicted molar refractivity (Wildman–Crippen MR) is 37.4 cm³/mol. The quantitative estimate of drug-likeness (QED) is 0.417. The molecule has 50 valence electrons. The molecule has 0 spiro atoms. The Morgan fingerprint density at radius 3 is 2.89 bits per heavy atom. The highest BCUT2D eigenvalue weighted by molar-refractivity contribution is 6.68. The summed E-state index contributed by atoms with van der Waals surface area (Å²) in [6, 6.07) is 0. The molecule has 9 heavy (non-hydrogen) atoms. The van der Waals surface area contributed by atoms with E-state index in [2.05, 4.69) is 9.98 Å². The first kappa shape index (κ1) is 6.80. The number of nitrogens with two attached hydrogens (primary N) is 1. The fourth-order valence-corrected chi connectivity index (χ4v) is 0.610. The van der Waals surface area contributed by atoms with Crippen LogP contribution in [0, 0.1) is 0 Å². The summed E-state index contributed by atoms with van der Waals surface area (Å²) >= 11 is 10.8. The zero-order valence-corrected chi connectivity index (χ0v) is 5.84. The van der Waals surface area contributed by atoms with Gasteiger partial charge in [-0.3, -0.25) is 5.73 Å². The number of nitrogens with zero attached hydrogens (tertiary/aromatic N) is 3. The van der Waals surface area contributed by atoms with E-state index in [1.807, 2.05) is 0 Å². The number of aliphatic imine (C=N–C) groups is 2. The molecule has 4 nitrogen and oxygen atoms in total. The second kappa shape index (κ2) is 2.51. The first-order valence-electron chi connectivity index (χ1n) is 2.17. The Morgan fingerprint density at radius 1 is 1.78 bits per heavy atom. The second-order valence-electron chi connectivity index (χ2n) is 1.39. The summed E-state index contributed by atoms with van der Waals surface area (Å²) in [5.41, 5.74) is 5.23. The molecule has 0 amide bonds. The highest BCUT2D eigenvalue weighted by atomic mass is 35.5. The number of halogens is 2. The van der Waals surface area contributed by atoms with Crippen LogP contribution in [0.1, 0.15) is 0 Å². The van der Waals surface area contributed by atoms with Crippen molar-refractivity contribution in [1.29, 1.82) is 0 Å².